The zero-order chi connectivity index (χ0) is 13.1. The smallest absolute Gasteiger partial charge is 0.191 e. The van der Waals surface area contributed by atoms with Crippen molar-refractivity contribution in [2.45, 2.75) is 64.6 Å². The van der Waals surface area contributed by atoms with Crippen LogP contribution in [-0.2, 0) is 4.43 Å². The van der Waals surface area contributed by atoms with E-state index in [0.717, 1.165) is 18.4 Å². The zero-order valence-corrected chi connectivity index (χ0v) is 15.3. The average molecular weight is 368 g/mol. The third kappa shape index (κ3) is 4.82. The van der Waals surface area contributed by atoms with Crippen molar-refractivity contribution < 1.29 is 4.43 Å². The van der Waals surface area contributed by atoms with Gasteiger partial charge in [-0.2, -0.15) is 0 Å². The van der Waals surface area contributed by atoms with Gasteiger partial charge in [-0.05, 0) is 55.7 Å². The van der Waals surface area contributed by atoms with Crippen molar-refractivity contribution in [3.63, 3.8) is 0 Å². The summed E-state index contributed by atoms with van der Waals surface area (Å²) >= 11 is 2.53. The van der Waals surface area contributed by atoms with E-state index in [9.17, 15) is 0 Å². The van der Waals surface area contributed by atoms with Gasteiger partial charge in [-0.25, -0.2) is 0 Å². The van der Waals surface area contributed by atoms with Crippen LogP contribution >= 0.6 is 22.6 Å². The highest BCUT2D eigenvalue weighted by Crippen LogP contribution is 2.38. The third-order valence-electron chi connectivity index (χ3n) is 4.67. The summed E-state index contributed by atoms with van der Waals surface area (Å²) in [7, 11) is -1.52. The second-order valence-corrected chi connectivity index (χ2v) is 12.8. The Labute approximate surface area is 122 Å². The lowest BCUT2D eigenvalue weighted by Gasteiger charge is -2.38. The molecule has 1 saturated carbocycles. The predicted octanol–water partition coefficient (Wildman–Crippen LogP) is 5.25. The minimum Gasteiger partial charge on any atom is -0.417 e. The van der Waals surface area contributed by atoms with Crippen LogP contribution < -0.4 is 0 Å². The van der Waals surface area contributed by atoms with E-state index in [1.165, 1.54) is 30.1 Å². The molecule has 17 heavy (non-hydrogen) atoms. The van der Waals surface area contributed by atoms with Gasteiger partial charge in [-0.15, -0.1) is 0 Å². The van der Waals surface area contributed by atoms with Crippen molar-refractivity contribution in [2.75, 3.05) is 11.0 Å². The van der Waals surface area contributed by atoms with Crippen LogP contribution in [0.25, 0.3) is 0 Å². The minimum absolute atomic E-state index is 0.354. The van der Waals surface area contributed by atoms with E-state index >= 15 is 0 Å². The summed E-state index contributed by atoms with van der Waals surface area (Å²) in [6, 6.07) is 0. The summed E-state index contributed by atoms with van der Waals surface area (Å²) in [5.41, 5.74) is 0. The molecule has 1 aliphatic rings. The molecule has 0 N–H and O–H groups in total. The molecule has 102 valence electrons. The lowest BCUT2D eigenvalue weighted by molar-refractivity contribution is 0.177. The fourth-order valence-corrected chi connectivity index (χ4v) is 4.06. The standard InChI is InChI=1S/C14H29IOSi/c1-14(2,3)17(4,5)16-11-13-8-6-12(10-15)7-9-13/h12-13H,6-11H2,1-5H3. The van der Waals surface area contributed by atoms with E-state index < -0.39 is 8.32 Å². The fourth-order valence-electron chi connectivity index (χ4n) is 2.10. The quantitative estimate of drug-likeness (QED) is 0.374. The Morgan fingerprint density at radius 1 is 1.06 bits per heavy atom. The molecule has 0 unspecified atom stereocenters. The molecule has 0 aromatic carbocycles. The van der Waals surface area contributed by atoms with Crippen LogP contribution in [0, 0.1) is 11.8 Å². The summed E-state index contributed by atoms with van der Waals surface area (Å²) in [4.78, 5) is 0. The van der Waals surface area contributed by atoms with Crippen LogP contribution in [0.5, 0.6) is 0 Å². The van der Waals surface area contributed by atoms with Gasteiger partial charge in [0.15, 0.2) is 8.32 Å². The van der Waals surface area contributed by atoms with E-state index in [1.807, 2.05) is 0 Å². The molecule has 1 aliphatic carbocycles. The van der Waals surface area contributed by atoms with Crippen molar-refractivity contribution in [3.8, 4) is 0 Å². The Bertz CT molecular complexity index is 227. The Balaban J connectivity index is 2.33. The van der Waals surface area contributed by atoms with Gasteiger partial charge >= 0.3 is 0 Å². The van der Waals surface area contributed by atoms with Crippen molar-refractivity contribution in [1.82, 2.24) is 0 Å². The van der Waals surface area contributed by atoms with Crippen LogP contribution in [0.2, 0.25) is 18.1 Å². The van der Waals surface area contributed by atoms with Crippen LogP contribution in [0.15, 0.2) is 0 Å². The first-order valence-electron chi connectivity index (χ1n) is 6.96. The predicted molar refractivity (Wildman–Crippen MR) is 87.5 cm³/mol. The molecule has 0 aromatic heterocycles. The summed E-state index contributed by atoms with van der Waals surface area (Å²) < 4.78 is 7.68. The molecule has 0 atom stereocenters. The van der Waals surface area contributed by atoms with Crippen molar-refractivity contribution >= 4 is 30.9 Å². The minimum atomic E-state index is -1.52. The molecule has 0 aromatic rings. The number of rotatable bonds is 4. The Kier molecular flexibility index (Phi) is 5.98. The zero-order valence-electron chi connectivity index (χ0n) is 12.2. The largest absolute Gasteiger partial charge is 0.417 e. The molecule has 0 bridgehead atoms. The molecule has 0 heterocycles. The maximum absolute atomic E-state index is 6.34. The highest BCUT2D eigenvalue weighted by Gasteiger charge is 2.37. The molecule has 1 fully saturated rings. The second kappa shape index (κ2) is 6.37. The first-order chi connectivity index (χ1) is 7.76. The number of hydrogen-bond donors (Lipinski definition) is 0. The third-order valence-corrected chi connectivity index (χ3v) is 10.4. The Morgan fingerprint density at radius 3 is 1.94 bits per heavy atom. The average Bonchev–Trinajstić information content (AvgIpc) is 2.25. The molecule has 0 radical (unpaired) electrons. The summed E-state index contributed by atoms with van der Waals surface area (Å²) in [5, 5.41) is 0.354. The fraction of sp³-hybridized carbons (Fsp3) is 1.00. The molecule has 0 aliphatic heterocycles. The molecule has 3 heteroatoms. The molecule has 0 saturated heterocycles. The molecule has 0 amide bonds. The van der Waals surface area contributed by atoms with Gasteiger partial charge in [-0.1, -0.05) is 43.4 Å². The Morgan fingerprint density at radius 2 is 1.53 bits per heavy atom. The van der Waals surface area contributed by atoms with Gasteiger partial charge in [0.25, 0.3) is 0 Å². The van der Waals surface area contributed by atoms with E-state index in [2.05, 4.69) is 56.5 Å². The van der Waals surface area contributed by atoms with E-state index in [4.69, 9.17) is 4.43 Å². The summed E-state index contributed by atoms with van der Waals surface area (Å²) in [6.07, 6.45) is 5.63. The molecule has 0 spiro atoms. The highest BCUT2D eigenvalue weighted by atomic mass is 127. The van der Waals surface area contributed by atoms with E-state index in [0.29, 0.717) is 5.04 Å². The van der Waals surface area contributed by atoms with E-state index in [-0.39, 0.29) is 0 Å². The van der Waals surface area contributed by atoms with Gasteiger partial charge in [0.05, 0.1) is 0 Å². The summed E-state index contributed by atoms with van der Waals surface area (Å²) in [5.74, 6) is 1.82. The van der Waals surface area contributed by atoms with Crippen molar-refractivity contribution in [1.29, 1.82) is 0 Å². The van der Waals surface area contributed by atoms with Gasteiger partial charge in [0.1, 0.15) is 0 Å². The lowest BCUT2D eigenvalue weighted by atomic mass is 9.83. The monoisotopic (exact) mass is 368 g/mol. The highest BCUT2D eigenvalue weighted by molar-refractivity contribution is 14.1. The first kappa shape index (κ1) is 16.0. The molecular weight excluding hydrogens is 339 g/mol. The van der Waals surface area contributed by atoms with Crippen LogP contribution in [0.3, 0.4) is 0 Å². The van der Waals surface area contributed by atoms with E-state index in [1.54, 1.807) is 0 Å². The first-order valence-corrected chi connectivity index (χ1v) is 11.4. The number of halogens is 1. The van der Waals surface area contributed by atoms with Crippen molar-refractivity contribution in [3.05, 3.63) is 0 Å². The Hall–Kier alpha value is 0.907. The maximum atomic E-state index is 6.34. The SMILES string of the molecule is CC(C)(C)[Si](C)(C)OCC1CCC(CI)CC1. The molecule has 1 nitrogen and oxygen atoms in total. The van der Waals surface area contributed by atoms with Crippen molar-refractivity contribution in [2.24, 2.45) is 11.8 Å². The van der Waals surface area contributed by atoms with Gasteiger partial charge < -0.3 is 4.43 Å². The molecular formula is C14H29IOSi. The number of hydrogen-bond acceptors (Lipinski definition) is 1. The van der Waals surface area contributed by atoms with Crippen LogP contribution in [0.1, 0.15) is 46.5 Å². The maximum Gasteiger partial charge on any atom is 0.191 e. The van der Waals surface area contributed by atoms with Gasteiger partial charge in [0, 0.05) is 11.0 Å². The van der Waals surface area contributed by atoms with Gasteiger partial charge in [-0.3, -0.25) is 0 Å². The number of alkyl halides is 1. The molecule has 1 rings (SSSR count). The van der Waals surface area contributed by atoms with Crippen LogP contribution in [0.4, 0.5) is 0 Å². The van der Waals surface area contributed by atoms with Crippen LogP contribution in [-0.4, -0.2) is 19.4 Å². The summed E-state index contributed by atoms with van der Waals surface area (Å²) in [6.45, 7) is 12.7. The lowest BCUT2D eigenvalue weighted by Crippen LogP contribution is -2.42. The topological polar surface area (TPSA) is 9.23 Å². The second-order valence-electron chi connectivity index (χ2n) is 7.11. The van der Waals surface area contributed by atoms with Gasteiger partial charge in [0.2, 0.25) is 0 Å². The normalized spacial score (nSPS) is 27.2.